The third kappa shape index (κ3) is 4.18. The lowest BCUT2D eigenvalue weighted by molar-refractivity contribution is -0.115. The lowest BCUT2D eigenvalue weighted by Crippen LogP contribution is -2.23. The highest BCUT2D eigenvalue weighted by atomic mass is 32.2. The molecule has 0 spiro atoms. The largest absolute Gasteiger partial charge is 0.316 e. The lowest BCUT2D eigenvalue weighted by atomic mass is 10.1. The van der Waals surface area contributed by atoms with Gasteiger partial charge in [-0.1, -0.05) is 36.4 Å². The van der Waals surface area contributed by atoms with E-state index in [0.29, 0.717) is 15.7 Å². The average Bonchev–Trinajstić information content (AvgIpc) is 3.25. The number of nitrogens with zero attached hydrogens (tertiary/aromatic N) is 5. The quantitative estimate of drug-likeness (QED) is 0.491. The molecule has 1 N–H and O–H groups in total. The first-order valence-corrected chi connectivity index (χ1v) is 11.2. The van der Waals surface area contributed by atoms with Crippen LogP contribution in [0.5, 0.6) is 0 Å². The maximum absolute atomic E-state index is 12.8. The van der Waals surface area contributed by atoms with Crippen LogP contribution in [0.25, 0.3) is 5.69 Å². The first-order chi connectivity index (χ1) is 14.2. The highest BCUT2D eigenvalue weighted by Crippen LogP contribution is 2.37. The van der Waals surface area contributed by atoms with E-state index >= 15 is 0 Å². The molecule has 1 aliphatic carbocycles. The Kier molecular flexibility index (Phi) is 5.92. The number of benzene rings is 1. The Morgan fingerprint density at radius 1 is 1.28 bits per heavy atom. The van der Waals surface area contributed by atoms with E-state index < -0.39 is 5.25 Å². The fourth-order valence-electron chi connectivity index (χ4n) is 3.36. The molecule has 29 heavy (non-hydrogen) atoms. The van der Waals surface area contributed by atoms with Gasteiger partial charge in [-0.05, 0) is 60.7 Å². The lowest BCUT2D eigenvalue weighted by Gasteiger charge is -2.11. The van der Waals surface area contributed by atoms with Gasteiger partial charge in [-0.15, -0.1) is 16.4 Å². The molecular formula is C20H20N6OS2. The molecule has 3 aromatic rings. The number of thiophene rings is 1. The van der Waals surface area contributed by atoms with Crippen LogP contribution >= 0.6 is 23.1 Å². The summed E-state index contributed by atoms with van der Waals surface area (Å²) < 4.78 is 1.61. The van der Waals surface area contributed by atoms with Crippen molar-refractivity contribution in [2.24, 2.45) is 0 Å². The van der Waals surface area contributed by atoms with Gasteiger partial charge in [0.05, 0.1) is 16.5 Å². The van der Waals surface area contributed by atoms with Gasteiger partial charge in [-0.25, -0.2) is 0 Å². The number of para-hydroxylation sites is 1. The third-order valence-electron chi connectivity index (χ3n) is 4.86. The molecule has 0 fully saturated rings. The summed E-state index contributed by atoms with van der Waals surface area (Å²) in [5.74, 6) is -0.162. The van der Waals surface area contributed by atoms with Crippen LogP contribution in [0.3, 0.4) is 0 Å². The molecule has 0 aliphatic heterocycles. The maximum atomic E-state index is 12.8. The van der Waals surface area contributed by atoms with Crippen LogP contribution < -0.4 is 5.32 Å². The topological polar surface area (TPSA) is 96.5 Å². The molecule has 1 atom stereocenters. The number of hydrogen-bond donors (Lipinski definition) is 1. The Bertz CT molecular complexity index is 1050. The summed E-state index contributed by atoms with van der Waals surface area (Å²) in [7, 11) is 0. The number of hydrogen-bond acceptors (Lipinski definition) is 7. The zero-order chi connectivity index (χ0) is 20.2. The SMILES string of the molecule is CC(Sc1nnnn1-c1ccccc1)C(=O)Nc1sc2c(c1C#N)CCCCC2. The van der Waals surface area contributed by atoms with Gasteiger partial charge in [-0.2, -0.15) is 9.94 Å². The molecule has 2 heterocycles. The number of aryl methyl sites for hydroxylation is 1. The van der Waals surface area contributed by atoms with Gasteiger partial charge >= 0.3 is 0 Å². The molecule has 9 heteroatoms. The molecule has 0 saturated heterocycles. The van der Waals surface area contributed by atoms with Crippen LogP contribution in [0.1, 0.15) is 42.2 Å². The number of amides is 1. The van der Waals surface area contributed by atoms with Crippen molar-refractivity contribution in [2.75, 3.05) is 5.32 Å². The number of carbonyl (C=O) groups excluding carboxylic acids is 1. The predicted octanol–water partition coefficient (Wildman–Crippen LogP) is 3.98. The van der Waals surface area contributed by atoms with Crippen LogP contribution in [-0.4, -0.2) is 31.4 Å². The molecule has 4 rings (SSSR count). The van der Waals surface area contributed by atoms with Crippen molar-refractivity contribution in [1.82, 2.24) is 20.2 Å². The molecule has 2 aromatic heterocycles. The van der Waals surface area contributed by atoms with E-state index in [2.05, 4.69) is 26.9 Å². The summed E-state index contributed by atoms with van der Waals surface area (Å²) in [5, 5.41) is 25.2. The van der Waals surface area contributed by atoms with Crippen LogP contribution in [0.2, 0.25) is 0 Å². The Labute approximate surface area is 177 Å². The Balaban J connectivity index is 1.49. The number of fused-ring (bicyclic) bond motifs is 1. The first-order valence-electron chi connectivity index (χ1n) is 9.53. The van der Waals surface area contributed by atoms with E-state index in [4.69, 9.17) is 0 Å². The number of aromatic nitrogens is 4. The van der Waals surface area contributed by atoms with E-state index in [-0.39, 0.29) is 5.91 Å². The van der Waals surface area contributed by atoms with E-state index in [1.54, 1.807) is 16.0 Å². The van der Waals surface area contributed by atoms with Crippen LogP contribution in [-0.2, 0) is 17.6 Å². The minimum Gasteiger partial charge on any atom is -0.316 e. The number of rotatable bonds is 5. The molecule has 0 saturated carbocycles. The number of anilines is 1. The molecule has 7 nitrogen and oxygen atoms in total. The summed E-state index contributed by atoms with van der Waals surface area (Å²) >= 11 is 2.83. The van der Waals surface area contributed by atoms with Crippen molar-refractivity contribution >= 4 is 34.0 Å². The number of carbonyl (C=O) groups is 1. The normalized spacial score (nSPS) is 14.5. The molecular weight excluding hydrogens is 404 g/mol. The standard InChI is InChI=1S/C20H20N6OS2/c1-13(28-20-23-24-25-26(20)14-8-4-2-5-9-14)18(27)22-19-16(12-21)15-10-6-3-7-11-17(15)29-19/h2,4-5,8-9,13H,3,6-7,10-11H2,1H3,(H,22,27). The molecule has 0 radical (unpaired) electrons. The molecule has 0 bridgehead atoms. The summed E-state index contributed by atoms with van der Waals surface area (Å²) in [5.41, 5.74) is 2.59. The van der Waals surface area contributed by atoms with E-state index in [1.165, 1.54) is 23.1 Å². The second kappa shape index (κ2) is 8.76. The molecule has 1 amide bonds. The van der Waals surface area contributed by atoms with Crippen molar-refractivity contribution in [2.45, 2.75) is 49.4 Å². The van der Waals surface area contributed by atoms with Gasteiger partial charge in [0.25, 0.3) is 0 Å². The fraction of sp³-hybridized carbons (Fsp3) is 0.350. The third-order valence-corrected chi connectivity index (χ3v) is 7.10. The Morgan fingerprint density at radius 3 is 2.86 bits per heavy atom. The monoisotopic (exact) mass is 424 g/mol. The summed E-state index contributed by atoms with van der Waals surface area (Å²) in [6.45, 7) is 1.81. The highest BCUT2D eigenvalue weighted by molar-refractivity contribution is 8.00. The van der Waals surface area contributed by atoms with E-state index in [9.17, 15) is 10.1 Å². The zero-order valence-electron chi connectivity index (χ0n) is 16.0. The minimum atomic E-state index is -0.420. The average molecular weight is 425 g/mol. The summed E-state index contributed by atoms with van der Waals surface area (Å²) in [6.07, 6.45) is 5.33. The molecule has 148 valence electrons. The minimum absolute atomic E-state index is 0.162. The number of tetrazole rings is 1. The molecule has 1 aromatic carbocycles. The summed E-state index contributed by atoms with van der Waals surface area (Å²) in [4.78, 5) is 14.1. The fourth-order valence-corrected chi connectivity index (χ4v) is 5.41. The van der Waals surface area contributed by atoms with Crippen molar-refractivity contribution in [3.05, 3.63) is 46.3 Å². The van der Waals surface area contributed by atoms with Crippen molar-refractivity contribution < 1.29 is 4.79 Å². The predicted molar refractivity (Wildman–Crippen MR) is 113 cm³/mol. The maximum Gasteiger partial charge on any atom is 0.238 e. The van der Waals surface area contributed by atoms with Gasteiger partial charge in [0.15, 0.2) is 0 Å². The smallest absolute Gasteiger partial charge is 0.238 e. The number of thioether (sulfide) groups is 1. The Hall–Kier alpha value is -2.70. The second-order valence-corrected chi connectivity index (χ2v) is 9.25. The van der Waals surface area contributed by atoms with Crippen molar-refractivity contribution in [3.63, 3.8) is 0 Å². The Morgan fingerprint density at radius 2 is 2.07 bits per heavy atom. The molecule has 1 unspecified atom stereocenters. The van der Waals surface area contributed by atoms with E-state index in [0.717, 1.165) is 36.9 Å². The highest BCUT2D eigenvalue weighted by Gasteiger charge is 2.24. The van der Waals surface area contributed by atoms with Gasteiger partial charge in [0.1, 0.15) is 11.1 Å². The zero-order valence-corrected chi connectivity index (χ0v) is 17.6. The van der Waals surface area contributed by atoms with Gasteiger partial charge in [-0.3, -0.25) is 4.79 Å². The number of nitrogens with one attached hydrogen (secondary N) is 1. The first kappa shape index (κ1) is 19.6. The second-order valence-electron chi connectivity index (χ2n) is 6.84. The summed E-state index contributed by atoms with van der Waals surface area (Å²) in [6, 6.07) is 11.9. The van der Waals surface area contributed by atoms with Crippen molar-refractivity contribution in [3.8, 4) is 11.8 Å². The number of nitriles is 1. The van der Waals surface area contributed by atoms with Crippen molar-refractivity contribution in [1.29, 1.82) is 5.26 Å². The van der Waals surface area contributed by atoms with E-state index in [1.807, 2.05) is 37.3 Å². The van der Waals surface area contributed by atoms with Crippen LogP contribution in [0.15, 0.2) is 35.5 Å². The van der Waals surface area contributed by atoms with Gasteiger partial charge in [0.2, 0.25) is 11.1 Å². The van der Waals surface area contributed by atoms with Crippen LogP contribution in [0, 0.1) is 11.3 Å². The van der Waals surface area contributed by atoms with Gasteiger partial charge < -0.3 is 5.32 Å². The molecule has 1 aliphatic rings. The van der Waals surface area contributed by atoms with Gasteiger partial charge in [0, 0.05) is 4.88 Å². The van der Waals surface area contributed by atoms with Crippen LogP contribution in [0.4, 0.5) is 5.00 Å².